The molecule has 0 spiro atoms. The normalized spacial score (nSPS) is 22.1. The molecule has 1 aromatic rings. The number of nitrogens with zero attached hydrogens (tertiary/aromatic N) is 1. The average molecular weight is 292 g/mol. The molecule has 1 aliphatic rings. The van der Waals surface area contributed by atoms with Crippen LogP contribution in [-0.2, 0) is 4.74 Å². The van der Waals surface area contributed by atoms with E-state index in [1.54, 1.807) is 7.11 Å². The van der Waals surface area contributed by atoms with Gasteiger partial charge in [0.2, 0.25) is 0 Å². The third kappa shape index (κ3) is 3.74. The molecule has 0 aliphatic carbocycles. The van der Waals surface area contributed by atoms with Crippen molar-refractivity contribution in [1.82, 2.24) is 4.90 Å². The summed E-state index contributed by atoms with van der Waals surface area (Å²) < 4.78 is 10.8. The molecule has 2 atom stereocenters. The highest BCUT2D eigenvalue weighted by Gasteiger charge is 2.31. The first-order valence-electron chi connectivity index (χ1n) is 7.46. The Morgan fingerprint density at radius 2 is 2.10 bits per heavy atom. The maximum atomic E-state index is 12.6. The SMILES string of the molecule is CCOc1ccc(C(=O)N2CCC(OC)CC2CN)cc1. The van der Waals surface area contributed by atoms with E-state index in [0.29, 0.717) is 25.3 Å². The van der Waals surface area contributed by atoms with E-state index in [1.807, 2.05) is 36.1 Å². The molecule has 1 fully saturated rings. The molecule has 1 saturated heterocycles. The maximum Gasteiger partial charge on any atom is 0.254 e. The van der Waals surface area contributed by atoms with E-state index < -0.39 is 0 Å². The van der Waals surface area contributed by atoms with Crippen LogP contribution in [0.4, 0.5) is 0 Å². The zero-order chi connectivity index (χ0) is 15.2. The van der Waals surface area contributed by atoms with Gasteiger partial charge in [0.05, 0.1) is 12.7 Å². The standard InChI is InChI=1S/C16H24N2O3/c1-3-21-14-6-4-12(5-7-14)16(19)18-9-8-15(20-2)10-13(18)11-17/h4-7,13,15H,3,8-11,17H2,1-2H3. The number of likely N-dealkylation sites (tertiary alicyclic amines) is 1. The molecule has 5 nitrogen and oxygen atoms in total. The molecular formula is C16H24N2O3. The quantitative estimate of drug-likeness (QED) is 0.896. The average Bonchev–Trinajstić information content (AvgIpc) is 2.54. The highest BCUT2D eigenvalue weighted by atomic mass is 16.5. The Morgan fingerprint density at radius 1 is 1.38 bits per heavy atom. The number of rotatable bonds is 5. The maximum absolute atomic E-state index is 12.6. The number of nitrogens with two attached hydrogens (primary N) is 1. The molecule has 0 aromatic heterocycles. The highest BCUT2D eigenvalue weighted by molar-refractivity contribution is 5.94. The van der Waals surface area contributed by atoms with Gasteiger partial charge in [0.15, 0.2) is 0 Å². The van der Waals surface area contributed by atoms with E-state index in [1.165, 1.54) is 0 Å². The molecule has 0 radical (unpaired) electrons. The summed E-state index contributed by atoms with van der Waals surface area (Å²) in [6.45, 7) is 3.70. The lowest BCUT2D eigenvalue weighted by atomic mass is 9.98. The van der Waals surface area contributed by atoms with E-state index in [2.05, 4.69) is 0 Å². The molecule has 2 rings (SSSR count). The minimum absolute atomic E-state index is 0.0306. The third-order valence-electron chi connectivity index (χ3n) is 3.95. The van der Waals surface area contributed by atoms with Crippen LogP contribution in [0.1, 0.15) is 30.1 Å². The predicted octanol–water partition coefficient (Wildman–Crippen LogP) is 1.66. The Hall–Kier alpha value is -1.59. The Morgan fingerprint density at radius 3 is 2.67 bits per heavy atom. The number of methoxy groups -OCH3 is 1. The van der Waals surface area contributed by atoms with Crippen molar-refractivity contribution in [2.45, 2.75) is 31.9 Å². The summed E-state index contributed by atoms with van der Waals surface area (Å²) in [6.07, 6.45) is 1.86. The molecule has 2 N–H and O–H groups in total. The van der Waals surface area contributed by atoms with E-state index >= 15 is 0 Å². The van der Waals surface area contributed by atoms with Crippen LogP contribution in [-0.4, -0.2) is 49.8 Å². The van der Waals surface area contributed by atoms with Crippen LogP contribution in [0.15, 0.2) is 24.3 Å². The second kappa shape index (κ2) is 7.43. The van der Waals surface area contributed by atoms with Gasteiger partial charge in [-0.05, 0) is 44.0 Å². The fourth-order valence-electron chi connectivity index (χ4n) is 2.75. The smallest absolute Gasteiger partial charge is 0.254 e. The molecule has 1 aliphatic heterocycles. The molecule has 116 valence electrons. The second-order valence-corrected chi connectivity index (χ2v) is 5.23. The molecule has 1 aromatic carbocycles. The van der Waals surface area contributed by atoms with Crippen molar-refractivity contribution in [3.8, 4) is 5.75 Å². The van der Waals surface area contributed by atoms with Gasteiger partial charge in [-0.1, -0.05) is 0 Å². The second-order valence-electron chi connectivity index (χ2n) is 5.23. The molecule has 1 heterocycles. The molecule has 1 amide bonds. The van der Waals surface area contributed by atoms with Crippen molar-refractivity contribution >= 4 is 5.91 Å². The molecule has 0 bridgehead atoms. The van der Waals surface area contributed by atoms with Crippen LogP contribution in [0.2, 0.25) is 0 Å². The summed E-state index contributed by atoms with van der Waals surface area (Å²) in [4.78, 5) is 14.5. The van der Waals surface area contributed by atoms with Gasteiger partial charge in [0.1, 0.15) is 5.75 Å². The first-order chi connectivity index (χ1) is 10.2. The number of hydrogen-bond donors (Lipinski definition) is 1. The molecule has 5 heteroatoms. The number of ether oxygens (including phenoxy) is 2. The van der Waals surface area contributed by atoms with Gasteiger partial charge in [-0.25, -0.2) is 0 Å². The van der Waals surface area contributed by atoms with Gasteiger partial charge in [0, 0.05) is 31.8 Å². The van der Waals surface area contributed by atoms with Gasteiger partial charge in [-0.3, -0.25) is 4.79 Å². The monoisotopic (exact) mass is 292 g/mol. The fraction of sp³-hybridized carbons (Fsp3) is 0.562. The van der Waals surface area contributed by atoms with Crippen LogP contribution in [0.5, 0.6) is 5.75 Å². The van der Waals surface area contributed by atoms with E-state index in [9.17, 15) is 4.79 Å². The molecule has 0 saturated carbocycles. The number of hydrogen-bond acceptors (Lipinski definition) is 4. The van der Waals surface area contributed by atoms with Gasteiger partial charge < -0.3 is 20.1 Å². The van der Waals surface area contributed by atoms with Crippen LogP contribution in [0, 0.1) is 0 Å². The molecule has 21 heavy (non-hydrogen) atoms. The van der Waals surface area contributed by atoms with E-state index in [4.69, 9.17) is 15.2 Å². The Bertz CT molecular complexity index is 461. The number of carbonyl (C=O) groups excluding carboxylic acids is 1. The van der Waals surface area contributed by atoms with E-state index in [-0.39, 0.29) is 18.1 Å². The van der Waals surface area contributed by atoms with Gasteiger partial charge in [-0.15, -0.1) is 0 Å². The molecule has 2 unspecified atom stereocenters. The first-order valence-corrected chi connectivity index (χ1v) is 7.46. The van der Waals surface area contributed by atoms with Gasteiger partial charge in [0.25, 0.3) is 5.91 Å². The highest BCUT2D eigenvalue weighted by Crippen LogP contribution is 2.22. The van der Waals surface area contributed by atoms with Gasteiger partial charge >= 0.3 is 0 Å². The van der Waals surface area contributed by atoms with Crippen LogP contribution >= 0.6 is 0 Å². The summed E-state index contributed by atoms with van der Waals surface area (Å²) >= 11 is 0. The van der Waals surface area contributed by atoms with Crippen molar-refractivity contribution in [2.24, 2.45) is 5.73 Å². The summed E-state index contributed by atoms with van der Waals surface area (Å²) in [6, 6.07) is 7.32. The number of carbonyl (C=O) groups is 1. The van der Waals surface area contributed by atoms with Crippen LogP contribution in [0.25, 0.3) is 0 Å². The van der Waals surface area contributed by atoms with Gasteiger partial charge in [-0.2, -0.15) is 0 Å². The summed E-state index contributed by atoms with van der Waals surface area (Å²) in [5.74, 6) is 0.811. The Kier molecular flexibility index (Phi) is 5.59. The van der Waals surface area contributed by atoms with Crippen LogP contribution < -0.4 is 10.5 Å². The zero-order valence-corrected chi connectivity index (χ0v) is 12.7. The van der Waals surface area contributed by atoms with E-state index in [0.717, 1.165) is 18.6 Å². The summed E-state index contributed by atoms with van der Waals surface area (Å²) in [7, 11) is 1.71. The lowest BCUT2D eigenvalue weighted by Gasteiger charge is -2.38. The fourth-order valence-corrected chi connectivity index (χ4v) is 2.75. The minimum Gasteiger partial charge on any atom is -0.494 e. The number of benzene rings is 1. The van der Waals surface area contributed by atoms with Crippen molar-refractivity contribution in [2.75, 3.05) is 26.8 Å². The lowest BCUT2D eigenvalue weighted by molar-refractivity contribution is 0.0139. The summed E-state index contributed by atoms with van der Waals surface area (Å²) in [5.41, 5.74) is 6.49. The first kappa shape index (κ1) is 15.8. The van der Waals surface area contributed by atoms with Crippen molar-refractivity contribution < 1.29 is 14.3 Å². The lowest BCUT2D eigenvalue weighted by Crippen LogP contribution is -2.51. The Labute approximate surface area is 126 Å². The summed E-state index contributed by atoms with van der Waals surface area (Å²) in [5, 5.41) is 0. The predicted molar refractivity (Wildman–Crippen MR) is 81.5 cm³/mol. The zero-order valence-electron chi connectivity index (χ0n) is 12.7. The van der Waals surface area contributed by atoms with Crippen molar-refractivity contribution in [3.63, 3.8) is 0 Å². The van der Waals surface area contributed by atoms with Crippen LogP contribution in [0.3, 0.4) is 0 Å². The molecular weight excluding hydrogens is 268 g/mol. The topological polar surface area (TPSA) is 64.8 Å². The largest absolute Gasteiger partial charge is 0.494 e. The number of amides is 1. The number of piperidine rings is 1. The third-order valence-corrected chi connectivity index (χ3v) is 3.95. The van der Waals surface area contributed by atoms with Crippen molar-refractivity contribution in [3.05, 3.63) is 29.8 Å². The Balaban J connectivity index is 2.07. The van der Waals surface area contributed by atoms with Crippen molar-refractivity contribution in [1.29, 1.82) is 0 Å². The minimum atomic E-state index is 0.0306.